The molecule has 0 spiro atoms. The van der Waals surface area contributed by atoms with Gasteiger partial charge in [-0.25, -0.2) is 0 Å². The molecule has 23 heavy (non-hydrogen) atoms. The highest BCUT2D eigenvalue weighted by molar-refractivity contribution is 6.06. The topological polar surface area (TPSA) is 50.7 Å². The predicted octanol–water partition coefficient (Wildman–Crippen LogP) is 3.35. The van der Waals surface area contributed by atoms with E-state index in [9.17, 15) is 4.79 Å². The van der Waals surface area contributed by atoms with Crippen LogP contribution in [-0.2, 0) is 7.05 Å². The molecule has 4 heteroatoms. The number of hydrogen-bond donors (Lipinski definition) is 0. The molecule has 0 saturated heterocycles. The zero-order valence-corrected chi connectivity index (χ0v) is 12.5. The minimum atomic E-state index is -0.0847. The fraction of sp³-hybridized carbons (Fsp3) is 0.0526. The summed E-state index contributed by atoms with van der Waals surface area (Å²) in [6.45, 7) is 0. The van der Waals surface area contributed by atoms with E-state index in [0.717, 1.165) is 27.6 Å². The molecule has 0 radical (unpaired) electrons. The van der Waals surface area contributed by atoms with Gasteiger partial charge in [-0.2, -0.15) is 5.26 Å². The molecule has 0 aliphatic heterocycles. The molecule has 2 aromatic heterocycles. The first-order valence-corrected chi connectivity index (χ1v) is 7.30. The Balaban J connectivity index is 2.17. The van der Waals surface area contributed by atoms with E-state index in [-0.39, 0.29) is 5.56 Å². The number of aromatic nitrogens is 2. The molecule has 0 unspecified atom stereocenters. The number of pyridine rings is 1. The van der Waals surface area contributed by atoms with Crippen LogP contribution in [0.3, 0.4) is 0 Å². The van der Waals surface area contributed by atoms with E-state index in [1.54, 1.807) is 34.9 Å². The molecule has 0 fully saturated rings. The Kier molecular flexibility index (Phi) is 2.82. The van der Waals surface area contributed by atoms with Crippen LogP contribution in [0.15, 0.2) is 65.5 Å². The normalized spacial score (nSPS) is 11.0. The summed E-state index contributed by atoms with van der Waals surface area (Å²) in [6, 6.07) is 20.6. The maximum Gasteiger partial charge on any atom is 0.255 e. The van der Waals surface area contributed by atoms with E-state index in [1.807, 2.05) is 37.4 Å². The van der Waals surface area contributed by atoms with E-state index >= 15 is 0 Å². The minimum absolute atomic E-state index is 0.0847. The van der Waals surface area contributed by atoms with Crippen LogP contribution in [0.25, 0.3) is 27.6 Å². The average Bonchev–Trinajstić information content (AvgIpc) is 2.88. The SMILES string of the molecule is Cn1c2ccccc2c2c1ccc(=O)n2-c1ccc(C#N)cc1. The van der Waals surface area contributed by atoms with Gasteiger partial charge in [0.2, 0.25) is 0 Å². The van der Waals surface area contributed by atoms with Gasteiger partial charge >= 0.3 is 0 Å². The lowest BCUT2D eigenvalue weighted by Crippen LogP contribution is -2.17. The monoisotopic (exact) mass is 299 g/mol. The van der Waals surface area contributed by atoms with Gasteiger partial charge in [0.1, 0.15) is 0 Å². The number of benzene rings is 2. The van der Waals surface area contributed by atoms with Crippen molar-refractivity contribution in [3.8, 4) is 11.8 Å². The molecule has 0 atom stereocenters. The first-order valence-electron chi connectivity index (χ1n) is 7.30. The second-order valence-electron chi connectivity index (χ2n) is 5.48. The fourth-order valence-corrected chi connectivity index (χ4v) is 3.10. The van der Waals surface area contributed by atoms with Crippen molar-refractivity contribution in [2.75, 3.05) is 0 Å². The van der Waals surface area contributed by atoms with Gasteiger partial charge in [0.25, 0.3) is 5.56 Å². The van der Waals surface area contributed by atoms with Crippen molar-refractivity contribution in [3.63, 3.8) is 0 Å². The standard InChI is InChI=1S/C19H13N3O/c1-21-16-5-3-2-4-15(16)19-17(21)10-11-18(23)22(19)14-8-6-13(12-20)7-9-14/h2-11H,1H3. The molecular formula is C19H13N3O. The Morgan fingerprint density at radius 2 is 1.65 bits per heavy atom. The molecule has 0 amide bonds. The summed E-state index contributed by atoms with van der Waals surface area (Å²) in [7, 11) is 2.00. The van der Waals surface area contributed by atoms with E-state index in [4.69, 9.17) is 5.26 Å². The van der Waals surface area contributed by atoms with Crippen LogP contribution < -0.4 is 5.56 Å². The number of fused-ring (bicyclic) bond motifs is 3. The van der Waals surface area contributed by atoms with Crippen molar-refractivity contribution in [2.45, 2.75) is 0 Å². The Morgan fingerprint density at radius 1 is 0.913 bits per heavy atom. The third-order valence-electron chi connectivity index (χ3n) is 4.21. The van der Waals surface area contributed by atoms with Crippen molar-refractivity contribution in [2.24, 2.45) is 7.05 Å². The van der Waals surface area contributed by atoms with Crippen molar-refractivity contribution < 1.29 is 0 Å². The lowest BCUT2D eigenvalue weighted by atomic mass is 10.2. The van der Waals surface area contributed by atoms with Crippen LogP contribution in [0.1, 0.15) is 5.56 Å². The molecule has 0 aliphatic rings. The van der Waals surface area contributed by atoms with Crippen molar-refractivity contribution in [1.29, 1.82) is 5.26 Å². The van der Waals surface area contributed by atoms with Gasteiger partial charge in [0, 0.05) is 24.2 Å². The molecule has 0 saturated carbocycles. The lowest BCUT2D eigenvalue weighted by Gasteiger charge is -2.08. The first kappa shape index (κ1) is 13.4. The predicted molar refractivity (Wildman–Crippen MR) is 90.7 cm³/mol. The van der Waals surface area contributed by atoms with Gasteiger partial charge in [-0.1, -0.05) is 18.2 Å². The van der Waals surface area contributed by atoms with E-state index in [2.05, 4.69) is 10.6 Å². The Morgan fingerprint density at radius 3 is 2.39 bits per heavy atom. The summed E-state index contributed by atoms with van der Waals surface area (Å²) in [5.41, 5.74) is 4.22. The molecular weight excluding hydrogens is 286 g/mol. The molecule has 0 bridgehead atoms. The zero-order valence-electron chi connectivity index (χ0n) is 12.5. The largest absolute Gasteiger partial charge is 0.342 e. The number of aryl methyl sites for hydroxylation is 1. The molecule has 0 aliphatic carbocycles. The molecule has 2 heterocycles. The quantitative estimate of drug-likeness (QED) is 0.541. The smallest absolute Gasteiger partial charge is 0.255 e. The summed E-state index contributed by atoms with van der Waals surface area (Å²) < 4.78 is 3.79. The fourth-order valence-electron chi connectivity index (χ4n) is 3.10. The summed E-state index contributed by atoms with van der Waals surface area (Å²) in [5.74, 6) is 0. The second-order valence-corrected chi connectivity index (χ2v) is 5.48. The van der Waals surface area contributed by atoms with Crippen LogP contribution in [0, 0.1) is 11.3 Å². The summed E-state index contributed by atoms with van der Waals surface area (Å²) >= 11 is 0. The van der Waals surface area contributed by atoms with Crippen LogP contribution >= 0.6 is 0 Å². The Labute approximate surface area is 132 Å². The van der Waals surface area contributed by atoms with E-state index in [0.29, 0.717) is 5.56 Å². The van der Waals surface area contributed by atoms with Crippen LogP contribution in [0.2, 0.25) is 0 Å². The highest BCUT2D eigenvalue weighted by Gasteiger charge is 2.13. The highest BCUT2D eigenvalue weighted by Crippen LogP contribution is 2.28. The first-order chi connectivity index (χ1) is 11.2. The van der Waals surface area contributed by atoms with Crippen LogP contribution in [0.4, 0.5) is 0 Å². The zero-order chi connectivity index (χ0) is 16.0. The molecule has 110 valence electrons. The van der Waals surface area contributed by atoms with E-state index < -0.39 is 0 Å². The van der Waals surface area contributed by atoms with Gasteiger partial charge in [-0.05, 0) is 36.4 Å². The maximum atomic E-state index is 12.5. The molecule has 2 aromatic carbocycles. The number of nitriles is 1. The highest BCUT2D eigenvalue weighted by atomic mass is 16.1. The molecule has 4 aromatic rings. The van der Waals surface area contributed by atoms with Crippen molar-refractivity contribution in [3.05, 3.63) is 76.6 Å². The van der Waals surface area contributed by atoms with E-state index in [1.165, 1.54) is 0 Å². The minimum Gasteiger partial charge on any atom is -0.342 e. The third kappa shape index (κ3) is 1.87. The number of nitrogens with zero attached hydrogens (tertiary/aromatic N) is 3. The lowest BCUT2D eigenvalue weighted by molar-refractivity contribution is 0.994. The number of hydrogen-bond acceptors (Lipinski definition) is 2. The summed E-state index contributed by atoms with van der Waals surface area (Å²) in [6.07, 6.45) is 0. The number of para-hydroxylation sites is 1. The molecule has 0 N–H and O–H groups in total. The van der Waals surface area contributed by atoms with Crippen molar-refractivity contribution in [1.82, 2.24) is 9.13 Å². The van der Waals surface area contributed by atoms with Gasteiger partial charge in [0.15, 0.2) is 0 Å². The Bertz CT molecular complexity index is 1140. The van der Waals surface area contributed by atoms with Gasteiger partial charge in [0.05, 0.1) is 28.2 Å². The van der Waals surface area contributed by atoms with Crippen molar-refractivity contribution >= 4 is 21.9 Å². The van der Waals surface area contributed by atoms with Gasteiger partial charge < -0.3 is 4.57 Å². The van der Waals surface area contributed by atoms with Gasteiger partial charge in [-0.15, -0.1) is 0 Å². The maximum absolute atomic E-state index is 12.5. The van der Waals surface area contributed by atoms with Crippen LogP contribution in [0.5, 0.6) is 0 Å². The molecule has 4 nitrogen and oxygen atoms in total. The summed E-state index contributed by atoms with van der Waals surface area (Å²) in [5, 5.41) is 9.98. The second kappa shape index (κ2) is 4.85. The number of rotatable bonds is 1. The molecule has 4 rings (SSSR count). The Hall–Kier alpha value is -3.32. The summed E-state index contributed by atoms with van der Waals surface area (Å²) in [4.78, 5) is 12.5. The third-order valence-corrected chi connectivity index (χ3v) is 4.21. The van der Waals surface area contributed by atoms with Crippen LogP contribution in [-0.4, -0.2) is 9.13 Å². The van der Waals surface area contributed by atoms with Gasteiger partial charge in [-0.3, -0.25) is 9.36 Å². The average molecular weight is 299 g/mol.